The molecule has 1 aromatic heterocycles. The summed E-state index contributed by atoms with van der Waals surface area (Å²) in [5, 5.41) is 0. The number of aromatic nitrogens is 1. The van der Waals surface area contributed by atoms with Crippen LogP contribution in [0.15, 0.2) is 28.6 Å². The molecule has 0 atom stereocenters. The maximum absolute atomic E-state index is 12.4. The van der Waals surface area contributed by atoms with Gasteiger partial charge >= 0.3 is 0 Å². The molecule has 2 aromatic rings. The molecule has 18 heavy (non-hydrogen) atoms. The Morgan fingerprint density at radius 2 is 2.06 bits per heavy atom. The fourth-order valence-electron chi connectivity index (χ4n) is 1.93. The molecule has 0 radical (unpaired) electrons. The molecule has 0 unspecified atom stereocenters. The number of thiazole rings is 1. The number of nitrogens with zero attached hydrogens (tertiary/aromatic N) is 2. The van der Waals surface area contributed by atoms with Crippen LogP contribution in [0.4, 0.5) is 0 Å². The van der Waals surface area contributed by atoms with Crippen molar-refractivity contribution in [3.8, 4) is 0 Å². The van der Waals surface area contributed by atoms with Crippen LogP contribution in [0.25, 0.3) is 10.2 Å². The first-order valence-corrected chi connectivity index (χ1v) is 7.91. The molecule has 7 heteroatoms. The second-order valence-electron chi connectivity index (χ2n) is 4.00. The molecule has 5 nitrogen and oxygen atoms in total. The van der Waals surface area contributed by atoms with Gasteiger partial charge in [-0.3, -0.25) is 0 Å². The molecule has 0 bridgehead atoms. The normalized spacial score (nSPS) is 18.2. The highest BCUT2D eigenvalue weighted by Gasteiger charge is 2.26. The Balaban J connectivity index is 2.01. The highest BCUT2D eigenvalue weighted by atomic mass is 32.2. The molecular weight excluding hydrogens is 272 g/mol. The van der Waals surface area contributed by atoms with Crippen molar-refractivity contribution in [1.29, 1.82) is 0 Å². The predicted molar refractivity (Wildman–Crippen MR) is 69.2 cm³/mol. The van der Waals surface area contributed by atoms with Crippen molar-refractivity contribution in [3.63, 3.8) is 0 Å². The van der Waals surface area contributed by atoms with E-state index in [2.05, 4.69) is 4.98 Å². The van der Waals surface area contributed by atoms with Crippen molar-refractivity contribution in [2.75, 3.05) is 26.3 Å². The quantitative estimate of drug-likeness (QED) is 0.834. The summed E-state index contributed by atoms with van der Waals surface area (Å²) in [4.78, 5) is 4.48. The van der Waals surface area contributed by atoms with Gasteiger partial charge < -0.3 is 4.74 Å². The van der Waals surface area contributed by atoms with Gasteiger partial charge in [0.25, 0.3) is 0 Å². The summed E-state index contributed by atoms with van der Waals surface area (Å²) in [5.41, 5.74) is 2.55. The summed E-state index contributed by atoms with van der Waals surface area (Å²) in [6.07, 6.45) is 0. The van der Waals surface area contributed by atoms with Crippen LogP contribution in [0, 0.1) is 0 Å². The minimum atomic E-state index is -3.40. The van der Waals surface area contributed by atoms with Crippen LogP contribution < -0.4 is 0 Å². The van der Waals surface area contributed by atoms with Crippen molar-refractivity contribution in [2.45, 2.75) is 4.90 Å². The summed E-state index contributed by atoms with van der Waals surface area (Å²) in [6, 6.07) is 5.06. The van der Waals surface area contributed by atoms with E-state index in [0.29, 0.717) is 31.2 Å². The minimum Gasteiger partial charge on any atom is -0.379 e. The lowest BCUT2D eigenvalue weighted by Crippen LogP contribution is -2.40. The third-order valence-corrected chi connectivity index (χ3v) is 5.60. The van der Waals surface area contributed by atoms with Gasteiger partial charge in [0.15, 0.2) is 0 Å². The Hall–Kier alpha value is -1.02. The molecule has 0 spiro atoms. The lowest BCUT2D eigenvalue weighted by molar-refractivity contribution is 0.0730. The first-order valence-electron chi connectivity index (χ1n) is 5.59. The van der Waals surface area contributed by atoms with Gasteiger partial charge in [-0.1, -0.05) is 0 Å². The molecule has 1 saturated heterocycles. The second-order valence-corrected chi connectivity index (χ2v) is 6.82. The Labute approximate surface area is 109 Å². The molecule has 0 saturated carbocycles. The molecule has 1 aromatic carbocycles. The minimum absolute atomic E-state index is 0.334. The van der Waals surface area contributed by atoms with E-state index >= 15 is 0 Å². The number of hydrogen-bond acceptors (Lipinski definition) is 5. The SMILES string of the molecule is O=S(=O)(c1ccc2ncsc2c1)N1CCOCC1. The van der Waals surface area contributed by atoms with Gasteiger partial charge in [-0.2, -0.15) is 4.31 Å². The fourth-order valence-corrected chi connectivity index (χ4v) is 4.16. The van der Waals surface area contributed by atoms with E-state index in [9.17, 15) is 8.42 Å². The number of sulfonamides is 1. The van der Waals surface area contributed by atoms with E-state index < -0.39 is 10.0 Å². The Morgan fingerprint density at radius 1 is 1.28 bits per heavy atom. The number of morpholine rings is 1. The molecular formula is C11H12N2O3S2. The van der Waals surface area contributed by atoms with Crippen molar-refractivity contribution in [3.05, 3.63) is 23.7 Å². The number of ether oxygens (including phenoxy) is 1. The molecule has 0 aliphatic carbocycles. The van der Waals surface area contributed by atoms with Gasteiger partial charge in [0.1, 0.15) is 0 Å². The lowest BCUT2D eigenvalue weighted by atomic mass is 10.3. The highest BCUT2D eigenvalue weighted by Crippen LogP contribution is 2.24. The van der Waals surface area contributed by atoms with E-state index in [1.807, 2.05) is 0 Å². The van der Waals surface area contributed by atoms with Crippen LogP contribution in [0.5, 0.6) is 0 Å². The lowest BCUT2D eigenvalue weighted by Gasteiger charge is -2.25. The van der Waals surface area contributed by atoms with Gasteiger partial charge in [-0.25, -0.2) is 13.4 Å². The zero-order chi connectivity index (χ0) is 12.6. The Kier molecular flexibility index (Phi) is 3.06. The van der Waals surface area contributed by atoms with Crippen LogP contribution in [0.3, 0.4) is 0 Å². The number of benzene rings is 1. The summed E-state index contributed by atoms with van der Waals surface area (Å²) in [7, 11) is -3.40. The second kappa shape index (κ2) is 4.58. The summed E-state index contributed by atoms with van der Waals surface area (Å²) in [5.74, 6) is 0. The van der Waals surface area contributed by atoms with E-state index in [4.69, 9.17) is 4.74 Å². The fraction of sp³-hybridized carbons (Fsp3) is 0.364. The predicted octanol–water partition coefficient (Wildman–Crippen LogP) is 1.32. The Bertz CT molecular complexity index is 660. The van der Waals surface area contributed by atoms with E-state index in [1.165, 1.54) is 15.6 Å². The molecule has 3 rings (SSSR count). The first-order chi connectivity index (χ1) is 8.68. The van der Waals surface area contributed by atoms with Crippen LogP contribution >= 0.6 is 11.3 Å². The van der Waals surface area contributed by atoms with Gasteiger partial charge in [0.05, 0.1) is 33.8 Å². The van der Waals surface area contributed by atoms with Crippen molar-refractivity contribution < 1.29 is 13.2 Å². The topological polar surface area (TPSA) is 59.5 Å². The van der Waals surface area contributed by atoms with Gasteiger partial charge in [0, 0.05) is 13.1 Å². The van der Waals surface area contributed by atoms with E-state index in [0.717, 1.165) is 10.2 Å². The van der Waals surface area contributed by atoms with Gasteiger partial charge in [0.2, 0.25) is 10.0 Å². The standard InChI is InChI=1S/C11H12N2O3S2/c14-18(15,13-3-5-16-6-4-13)9-1-2-10-11(7-9)17-8-12-10/h1-2,7-8H,3-6H2. The maximum atomic E-state index is 12.4. The van der Waals surface area contributed by atoms with Gasteiger partial charge in [-0.15, -0.1) is 11.3 Å². The van der Waals surface area contributed by atoms with Crippen LogP contribution in [0.1, 0.15) is 0 Å². The third kappa shape index (κ3) is 2.03. The van der Waals surface area contributed by atoms with Crippen molar-refractivity contribution in [1.82, 2.24) is 9.29 Å². The molecule has 1 aliphatic rings. The number of fused-ring (bicyclic) bond motifs is 1. The Morgan fingerprint density at radius 3 is 2.83 bits per heavy atom. The van der Waals surface area contributed by atoms with Crippen LogP contribution in [-0.2, 0) is 14.8 Å². The van der Waals surface area contributed by atoms with Crippen molar-refractivity contribution >= 4 is 31.6 Å². The van der Waals surface area contributed by atoms with E-state index in [1.54, 1.807) is 23.7 Å². The maximum Gasteiger partial charge on any atom is 0.243 e. The molecule has 2 heterocycles. The zero-order valence-electron chi connectivity index (χ0n) is 9.57. The summed E-state index contributed by atoms with van der Waals surface area (Å²) in [6.45, 7) is 1.76. The zero-order valence-corrected chi connectivity index (χ0v) is 11.2. The van der Waals surface area contributed by atoms with Crippen LogP contribution in [-0.4, -0.2) is 44.0 Å². The number of hydrogen-bond donors (Lipinski definition) is 0. The largest absolute Gasteiger partial charge is 0.379 e. The molecule has 96 valence electrons. The van der Waals surface area contributed by atoms with E-state index in [-0.39, 0.29) is 0 Å². The summed E-state index contributed by atoms with van der Waals surface area (Å²) >= 11 is 1.45. The monoisotopic (exact) mass is 284 g/mol. The average Bonchev–Trinajstić information content (AvgIpc) is 2.87. The number of rotatable bonds is 2. The van der Waals surface area contributed by atoms with Crippen LogP contribution in [0.2, 0.25) is 0 Å². The van der Waals surface area contributed by atoms with Crippen molar-refractivity contribution in [2.24, 2.45) is 0 Å². The smallest absolute Gasteiger partial charge is 0.243 e. The molecule has 0 amide bonds. The average molecular weight is 284 g/mol. The molecule has 1 aliphatic heterocycles. The molecule has 1 fully saturated rings. The first kappa shape index (κ1) is 12.0. The molecule has 0 N–H and O–H groups in total. The highest BCUT2D eigenvalue weighted by molar-refractivity contribution is 7.89. The van der Waals surface area contributed by atoms with Gasteiger partial charge in [-0.05, 0) is 18.2 Å². The summed E-state index contributed by atoms with van der Waals surface area (Å²) < 4.78 is 32.4. The third-order valence-electron chi connectivity index (χ3n) is 2.91.